The van der Waals surface area contributed by atoms with Gasteiger partial charge in [0, 0.05) is 40.6 Å². The van der Waals surface area contributed by atoms with Crippen LogP contribution in [-0.2, 0) is 6.18 Å². The molecule has 0 unspecified atom stereocenters. The smallest absolute Gasteiger partial charge is 0.340 e. The molecule has 0 aliphatic rings. The summed E-state index contributed by atoms with van der Waals surface area (Å²) in [4.78, 5) is 8.49. The van der Waals surface area contributed by atoms with E-state index in [-0.39, 0.29) is 0 Å². The number of hydrogen-bond acceptors (Lipinski definition) is 3. The third-order valence-electron chi connectivity index (χ3n) is 4.25. The molecule has 0 spiro atoms. The van der Waals surface area contributed by atoms with Crippen LogP contribution < -0.4 is 5.32 Å². The minimum absolute atomic E-state index is 0.648. The van der Waals surface area contributed by atoms with Crippen LogP contribution in [0.5, 0.6) is 0 Å². The predicted molar refractivity (Wildman–Crippen MR) is 99.7 cm³/mol. The highest BCUT2D eigenvalue weighted by molar-refractivity contribution is 5.94. The van der Waals surface area contributed by atoms with Crippen molar-refractivity contribution < 1.29 is 13.2 Å². The van der Waals surface area contributed by atoms with E-state index in [1.54, 1.807) is 24.7 Å². The molecule has 0 saturated carbocycles. The fourth-order valence-electron chi connectivity index (χ4n) is 2.86. The lowest BCUT2D eigenvalue weighted by molar-refractivity contribution is -0.137. The normalized spacial score (nSPS) is 11.5. The van der Waals surface area contributed by atoms with Crippen LogP contribution in [0.25, 0.3) is 21.9 Å². The Bertz CT molecular complexity index is 1070. The maximum atomic E-state index is 12.7. The number of pyridine rings is 2. The van der Waals surface area contributed by atoms with Gasteiger partial charge in [-0.05, 0) is 42.0 Å². The standard InChI is InChI=1S/C21H14F3N3/c22-21(23,24)17-7-4-14(5-8-17)15-6-9-20(26-13-15)27-19-3-1-2-16-12-25-11-10-18(16)19/h1-13H,(H,26,27). The van der Waals surface area contributed by atoms with Gasteiger partial charge in [-0.25, -0.2) is 4.98 Å². The molecule has 4 rings (SSSR count). The quantitative estimate of drug-likeness (QED) is 0.480. The van der Waals surface area contributed by atoms with Crippen molar-refractivity contribution >= 4 is 22.3 Å². The highest BCUT2D eigenvalue weighted by Gasteiger charge is 2.29. The van der Waals surface area contributed by atoms with E-state index in [1.165, 1.54) is 12.1 Å². The van der Waals surface area contributed by atoms with Crippen molar-refractivity contribution in [1.82, 2.24) is 9.97 Å². The Kier molecular flexibility index (Phi) is 4.24. The zero-order chi connectivity index (χ0) is 18.9. The average Bonchev–Trinajstić information content (AvgIpc) is 2.68. The number of rotatable bonds is 3. The van der Waals surface area contributed by atoms with Gasteiger partial charge in [0.25, 0.3) is 0 Å². The highest BCUT2D eigenvalue weighted by atomic mass is 19.4. The Morgan fingerprint density at radius 2 is 1.56 bits per heavy atom. The predicted octanol–water partition coefficient (Wildman–Crippen LogP) is 6.06. The van der Waals surface area contributed by atoms with Crippen molar-refractivity contribution in [2.45, 2.75) is 6.18 Å². The second-order valence-electron chi connectivity index (χ2n) is 6.03. The molecule has 0 amide bonds. The Morgan fingerprint density at radius 3 is 2.26 bits per heavy atom. The third kappa shape index (κ3) is 3.60. The minimum atomic E-state index is -4.33. The first kappa shape index (κ1) is 17.0. The minimum Gasteiger partial charge on any atom is -0.340 e. The van der Waals surface area contributed by atoms with E-state index in [9.17, 15) is 13.2 Å². The number of anilines is 2. The van der Waals surface area contributed by atoms with Gasteiger partial charge in [-0.1, -0.05) is 24.3 Å². The molecule has 2 heterocycles. The van der Waals surface area contributed by atoms with E-state index < -0.39 is 11.7 Å². The van der Waals surface area contributed by atoms with E-state index in [1.807, 2.05) is 30.3 Å². The first-order chi connectivity index (χ1) is 13.0. The SMILES string of the molecule is FC(F)(F)c1ccc(-c2ccc(Nc3cccc4cnccc34)nc2)cc1. The molecule has 0 aliphatic heterocycles. The third-order valence-corrected chi connectivity index (χ3v) is 4.25. The van der Waals surface area contributed by atoms with Crippen LogP contribution in [0.15, 0.2) is 79.3 Å². The van der Waals surface area contributed by atoms with E-state index in [2.05, 4.69) is 15.3 Å². The van der Waals surface area contributed by atoms with Crippen LogP contribution in [0.2, 0.25) is 0 Å². The van der Waals surface area contributed by atoms with E-state index in [0.717, 1.165) is 34.2 Å². The first-order valence-corrected chi connectivity index (χ1v) is 8.24. The van der Waals surface area contributed by atoms with Crippen molar-refractivity contribution in [3.63, 3.8) is 0 Å². The van der Waals surface area contributed by atoms with E-state index in [0.29, 0.717) is 11.4 Å². The molecular weight excluding hydrogens is 351 g/mol. The number of nitrogens with zero attached hydrogens (tertiary/aromatic N) is 2. The fraction of sp³-hybridized carbons (Fsp3) is 0.0476. The zero-order valence-corrected chi connectivity index (χ0v) is 14.0. The maximum Gasteiger partial charge on any atom is 0.416 e. The van der Waals surface area contributed by atoms with Crippen LogP contribution in [0.3, 0.4) is 0 Å². The molecule has 0 saturated heterocycles. The zero-order valence-electron chi connectivity index (χ0n) is 14.0. The Morgan fingerprint density at radius 1 is 0.778 bits per heavy atom. The van der Waals surface area contributed by atoms with Crippen molar-refractivity contribution in [2.75, 3.05) is 5.32 Å². The number of hydrogen-bond donors (Lipinski definition) is 1. The van der Waals surface area contributed by atoms with Crippen molar-refractivity contribution in [3.05, 3.63) is 84.8 Å². The topological polar surface area (TPSA) is 37.8 Å². The number of halogens is 3. The lowest BCUT2D eigenvalue weighted by Gasteiger charge is -2.10. The maximum absolute atomic E-state index is 12.7. The molecule has 0 aliphatic carbocycles. The number of nitrogens with one attached hydrogen (secondary N) is 1. The number of benzene rings is 2. The first-order valence-electron chi connectivity index (χ1n) is 8.24. The molecule has 0 bridgehead atoms. The summed E-state index contributed by atoms with van der Waals surface area (Å²) in [6, 6.07) is 16.5. The molecule has 134 valence electrons. The van der Waals surface area contributed by atoms with Gasteiger partial charge < -0.3 is 5.32 Å². The number of alkyl halides is 3. The molecule has 0 atom stereocenters. The molecule has 27 heavy (non-hydrogen) atoms. The van der Waals surface area contributed by atoms with Gasteiger partial charge in [-0.2, -0.15) is 13.2 Å². The molecule has 0 radical (unpaired) electrons. The summed E-state index contributed by atoms with van der Waals surface area (Å²) in [5.41, 5.74) is 1.67. The number of aromatic nitrogens is 2. The summed E-state index contributed by atoms with van der Waals surface area (Å²) in [5.74, 6) is 0.648. The van der Waals surface area contributed by atoms with Crippen LogP contribution in [0.4, 0.5) is 24.7 Å². The lowest BCUT2D eigenvalue weighted by Crippen LogP contribution is -2.04. The van der Waals surface area contributed by atoms with Crippen LogP contribution in [0, 0.1) is 0 Å². The molecule has 4 aromatic rings. The van der Waals surface area contributed by atoms with Crippen LogP contribution in [0.1, 0.15) is 5.56 Å². The fourth-order valence-corrected chi connectivity index (χ4v) is 2.86. The molecule has 6 heteroatoms. The van der Waals surface area contributed by atoms with Gasteiger partial charge in [-0.15, -0.1) is 0 Å². The molecular formula is C21H14F3N3. The van der Waals surface area contributed by atoms with Gasteiger partial charge in [0.1, 0.15) is 5.82 Å². The summed E-state index contributed by atoms with van der Waals surface area (Å²) >= 11 is 0. The monoisotopic (exact) mass is 365 g/mol. The summed E-state index contributed by atoms with van der Waals surface area (Å²) in [6.45, 7) is 0. The molecule has 2 aromatic carbocycles. The van der Waals surface area contributed by atoms with E-state index in [4.69, 9.17) is 0 Å². The van der Waals surface area contributed by atoms with Crippen molar-refractivity contribution in [3.8, 4) is 11.1 Å². The summed E-state index contributed by atoms with van der Waals surface area (Å²) in [7, 11) is 0. The summed E-state index contributed by atoms with van der Waals surface area (Å²) < 4.78 is 38.0. The average molecular weight is 365 g/mol. The van der Waals surface area contributed by atoms with E-state index >= 15 is 0 Å². The summed E-state index contributed by atoms with van der Waals surface area (Å²) in [6.07, 6.45) is 0.826. The molecule has 0 fully saturated rings. The van der Waals surface area contributed by atoms with Crippen LogP contribution in [-0.4, -0.2) is 9.97 Å². The Hall–Kier alpha value is -3.41. The van der Waals surface area contributed by atoms with Gasteiger partial charge >= 0.3 is 6.18 Å². The number of fused-ring (bicyclic) bond motifs is 1. The Balaban J connectivity index is 1.57. The van der Waals surface area contributed by atoms with Gasteiger partial charge in [0.2, 0.25) is 0 Å². The second kappa shape index (κ2) is 6.72. The van der Waals surface area contributed by atoms with Crippen LogP contribution >= 0.6 is 0 Å². The van der Waals surface area contributed by atoms with Crippen molar-refractivity contribution in [1.29, 1.82) is 0 Å². The summed E-state index contributed by atoms with van der Waals surface area (Å²) in [5, 5.41) is 5.31. The van der Waals surface area contributed by atoms with Gasteiger partial charge in [0.05, 0.1) is 5.56 Å². The lowest BCUT2D eigenvalue weighted by atomic mass is 10.1. The van der Waals surface area contributed by atoms with Crippen molar-refractivity contribution in [2.24, 2.45) is 0 Å². The van der Waals surface area contributed by atoms with Gasteiger partial charge in [-0.3, -0.25) is 4.98 Å². The second-order valence-corrected chi connectivity index (χ2v) is 6.03. The molecule has 3 nitrogen and oxygen atoms in total. The largest absolute Gasteiger partial charge is 0.416 e. The Labute approximate surface area is 153 Å². The molecule has 2 aromatic heterocycles. The molecule has 1 N–H and O–H groups in total. The highest BCUT2D eigenvalue weighted by Crippen LogP contribution is 2.31. The van der Waals surface area contributed by atoms with Gasteiger partial charge in [0.15, 0.2) is 0 Å².